The molecule has 0 fully saturated rings. The van der Waals surface area contributed by atoms with Crippen molar-refractivity contribution in [2.75, 3.05) is 0 Å². The molecule has 0 aliphatic carbocycles. The summed E-state index contributed by atoms with van der Waals surface area (Å²) in [7, 11) is 0. The molecular weight excluding hydrogens is 172 g/mol. The second-order valence-electron chi connectivity index (χ2n) is 2.47. The van der Waals surface area contributed by atoms with Crippen molar-refractivity contribution in [3.05, 3.63) is 29.3 Å². The molecule has 0 bridgehead atoms. The van der Waals surface area contributed by atoms with Crippen molar-refractivity contribution in [2.24, 2.45) is 0 Å². The number of aryl methyl sites for hydroxylation is 1. The SMILES string of the molecule is CCc1cccc(C(=O)S)c1O. The van der Waals surface area contributed by atoms with E-state index in [1.165, 1.54) is 0 Å². The monoisotopic (exact) mass is 182 g/mol. The topological polar surface area (TPSA) is 37.3 Å². The Morgan fingerprint density at radius 2 is 2.25 bits per heavy atom. The maximum Gasteiger partial charge on any atom is 0.220 e. The average molecular weight is 182 g/mol. The van der Waals surface area contributed by atoms with E-state index in [1.807, 2.05) is 6.92 Å². The lowest BCUT2D eigenvalue weighted by atomic mass is 10.1. The first kappa shape index (κ1) is 9.13. The Hall–Kier alpha value is -0.960. The highest BCUT2D eigenvalue weighted by atomic mass is 32.1. The molecule has 0 aliphatic rings. The van der Waals surface area contributed by atoms with Crippen LogP contribution in [0.3, 0.4) is 0 Å². The van der Waals surface area contributed by atoms with Crippen molar-refractivity contribution in [3.8, 4) is 5.75 Å². The average Bonchev–Trinajstić information content (AvgIpc) is 2.04. The third-order valence-electron chi connectivity index (χ3n) is 1.73. The zero-order valence-corrected chi connectivity index (χ0v) is 7.64. The predicted molar refractivity (Wildman–Crippen MR) is 50.8 cm³/mol. The molecule has 3 heteroatoms. The van der Waals surface area contributed by atoms with E-state index in [9.17, 15) is 9.90 Å². The van der Waals surface area contributed by atoms with E-state index >= 15 is 0 Å². The van der Waals surface area contributed by atoms with Crippen LogP contribution in [0.1, 0.15) is 22.8 Å². The van der Waals surface area contributed by atoms with E-state index in [-0.39, 0.29) is 11.3 Å². The van der Waals surface area contributed by atoms with E-state index in [1.54, 1.807) is 18.2 Å². The summed E-state index contributed by atoms with van der Waals surface area (Å²) < 4.78 is 0. The van der Waals surface area contributed by atoms with Gasteiger partial charge in [0.15, 0.2) is 0 Å². The minimum atomic E-state index is -0.400. The molecule has 1 aromatic carbocycles. The Morgan fingerprint density at radius 1 is 1.58 bits per heavy atom. The van der Waals surface area contributed by atoms with Crippen LogP contribution in [0.2, 0.25) is 0 Å². The number of thiol groups is 1. The van der Waals surface area contributed by atoms with Crippen molar-refractivity contribution in [2.45, 2.75) is 13.3 Å². The van der Waals surface area contributed by atoms with Gasteiger partial charge in [-0.3, -0.25) is 4.79 Å². The Bertz CT molecular complexity index is 307. The first-order valence-electron chi connectivity index (χ1n) is 3.71. The molecule has 0 saturated heterocycles. The largest absolute Gasteiger partial charge is 0.507 e. The number of carbonyl (C=O) groups is 1. The van der Waals surface area contributed by atoms with E-state index in [0.29, 0.717) is 6.42 Å². The van der Waals surface area contributed by atoms with Gasteiger partial charge in [-0.1, -0.05) is 19.1 Å². The highest BCUT2D eigenvalue weighted by molar-refractivity contribution is 7.97. The summed E-state index contributed by atoms with van der Waals surface area (Å²) in [6, 6.07) is 5.08. The van der Waals surface area contributed by atoms with Gasteiger partial charge in [-0.25, -0.2) is 0 Å². The Labute approximate surface area is 76.6 Å². The summed E-state index contributed by atoms with van der Waals surface area (Å²) in [5.74, 6) is 0.0556. The quantitative estimate of drug-likeness (QED) is 0.687. The van der Waals surface area contributed by atoms with Crippen molar-refractivity contribution < 1.29 is 9.90 Å². The molecule has 0 aromatic heterocycles. The van der Waals surface area contributed by atoms with Crippen LogP contribution in [0.15, 0.2) is 18.2 Å². The number of phenols is 1. The van der Waals surface area contributed by atoms with E-state index in [0.717, 1.165) is 5.56 Å². The maximum absolute atomic E-state index is 10.8. The molecule has 0 radical (unpaired) electrons. The molecule has 0 amide bonds. The van der Waals surface area contributed by atoms with Crippen LogP contribution in [0.5, 0.6) is 5.75 Å². The number of carbonyl (C=O) groups excluding carboxylic acids is 1. The first-order valence-corrected chi connectivity index (χ1v) is 4.15. The van der Waals surface area contributed by atoms with Crippen molar-refractivity contribution in [1.29, 1.82) is 0 Å². The van der Waals surface area contributed by atoms with Gasteiger partial charge in [-0.05, 0) is 18.1 Å². The van der Waals surface area contributed by atoms with E-state index in [2.05, 4.69) is 12.6 Å². The molecule has 1 rings (SSSR count). The molecule has 0 unspecified atom stereocenters. The number of hydrogen-bond donors (Lipinski definition) is 2. The lowest BCUT2D eigenvalue weighted by Gasteiger charge is -2.03. The summed E-state index contributed by atoms with van der Waals surface area (Å²) in [5, 5.41) is 9.09. The standard InChI is InChI=1S/C9H10O2S/c1-2-6-4-3-5-7(8(6)10)9(11)12/h3-5,10H,2H2,1H3,(H,11,12). The van der Waals surface area contributed by atoms with Crippen LogP contribution in [-0.4, -0.2) is 10.2 Å². The molecule has 1 N–H and O–H groups in total. The smallest absolute Gasteiger partial charge is 0.220 e. The number of aromatic hydroxyl groups is 1. The lowest BCUT2D eigenvalue weighted by molar-refractivity contribution is 0.108. The van der Waals surface area contributed by atoms with Gasteiger partial charge in [-0.15, -0.1) is 12.6 Å². The fourth-order valence-electron chi connectivity index (χ4n) is 1.05. The summed E-state index contributed by atoms with van der Waals surface area (Å²) in [6.07, 6.45) is 0.709. The minimum Gasteiger partial charge on any atom is -0.507 e. The highest BCUT2D eigenvalue weighted by Crippen LogP contribution is 2.23. The van der Waals surface area contributed by atoms with Gasteiger partial charge in [0.1, 0.15) is 5.75 Å². The van der Waals surface area contributed by atoms with Crippen LogP contribution in [-0.2, 0) is 6.42 Å². The first-order chi connectivity index (χ1) is 5.66. The Balaban J connectivity index is 3.23. The molecule has 0 spiro atoms. The number of rotatable bonds is 2. The van der Waals surface area contributed by atoms with Crippen LogP contribution in [0.4, 0.5) is 0 Å². The third-order valence-corrected chi connectivity index (χ3v) is 1.97. The molecule has 12 heavy (non-hydrogen) atoms. The van der Waals surface area contributed by atoms with Crippen molar-refractivity contribution >= 4 is 17.7 Å². The van der Waals surface area contributed by atoms with Crippen molar-refractivity contribution in [1.82, 2.24) is 0 Å². The van der Waals surface area contributed by atoms with Gasteiger partial charge < -0.3 is 5.11 Å². The fourth-order valence-corrected chi connectivity index (χ4v) is 1.23. The maximum atomic E-state index is 10.8. The zero-order valence-electron chi connectivity index (χ0n) is 6.74. The summed E-state index contributed by atoms with van der Waals surface area (Å²) in [5.41, 5.74) is 1.05. The predicted octanol–water partition coefficient (Wildman–Crippen LogP) is 2.02. The molecule has 0 heterocycles. The van der Waals surface area contributed by atoms with Crippen molar-refractivity contribution in [3.63, 3.8) is 0 Å². The highest BCUT2D eigenvalue weighted by Gasteiger charge is 2.09. The normalized spacial score (nSPS) is 9.83. The van der Waals surface area contributed by atoms with E-state index < -0.39 is 5.12 Å². The van der Waals surface area contributed by atoms with Gasteiger partial charge in [0.05, 0.1) is 5.56 Å². The molecule has 0 aliphatic heterocycles. The molecule has 64 valence electrons. The van der Waals surface area contributed by atoms with Crippen LogP contribution < -0.4 is 0 Å². The van der Waals surface area contributed by atoms with Gasteiger partial charge in [0.25, 0.3) is 0 Å². The van der Waals surface area contributed by atoms with Gasteiger partial charge in [0.2, 0.25) is 5.12 Å². The molecule has 2 nitrogen and oxygen atoms in total. The third kappa shape index (κ3) is 1.61. The van der Waals surface area contributed by atoms with Crippen LogP contribution >= 0.6 is 12.6 Å². The lowest BCUT2D eigenvalue weighted by Crippen LogP contribution is -1.92. The Kier molecular flexibility index (Phi) is 2.76. The van der Waals surface area contributed by atoms with Gasteiger partial charge in [-0.2, -0.15) is 0 Å². The fraction of sp³-hybridized carbons (Fsp3) is 0.222. The second kappa shape index (κ2) is 3.63. The van der Waals surface area contributed by atoms with Gasteiger partial charge >= 0.3 is 0 Å². The molecular formula is C9H10O2S. The molecule has 0 atom stereocenters. The van der Waals surface area contributed by atoms with E-state index in [4.69, 9.17) is 0 Å². The number of phenolic OH excluding ortho intramolecular Hbond substituents is 1. The zero-order chi connectivity index (χ0) is 9.14. The summed E-state index contributed by atoms with van der Waals surface area (Å²) >= 11 is 3.64. The Morgan fingerprint density at radius 3 is 2.75 bits per heavy atom. The number of benzene rings is 1. The number of hydrogen-bond acceptors (Lipinski definition) is 2. The number of para-hydroxylation sites is 1. The van der Waals surface area contributed by atoms with Crippen LogP contribution in [0.25, 0.3) is 0 Å². The molecule has 1 aromatic rings. The molecule has 0 saturated carbocycles. The van der Waals surface area contributed by atoms with Gasteiger partial charge in [0, 0.05) is 0 Å². The second-order valence-corrected chi connectivity index (χ2v) is 2.88. The summed E-state index contributed by atoms with van der Waals surface area (Å²) in [6.45, 7) is 1.92. The minimum absolute atomic E-state index is 0.0556. The summed E-state index contributed by atoms with van der Waals surface area (Å²) in [4.78, 5) is 10.8. The van der Waals surface area contributed by atoms with Crippen LogP contribution in [0, 0.1) is 0 Å².